The molecule has 7 heteroatoms. The summed E-state index contributed by atoms with van der Waals surface area (Å²) >= 11 is 1.41. The Hall–Kier alpha value is -1.11. The SMILES string of the molecule is CC(Sc1nnnn1C1CC1)C(=O)NC(C)(C)C. The molecule has 1 heterocycles. The molecule has 0 radical (unpaired) electrons. The summed E-state index contributed by atoms with van der Waals surface area (Å²) in [5, 5.41) is 15.1. The second kappa shape index (κ2) is 4.87. The minimum atomic E-state index is -0.214. The van der Waals surface area contributed by atoms with Crippen molar-refractivity contribution in [2.45, 2.75) is 62.5 Å². The number of rotatable bonds is 4. The van der Waals surface area contributed by atoms with Crippen molar-refractivity contribution in [1.82, 2.24) is 25.5 Å². The molecule has 0 aliphatic heterocycles. The number of hydrogen-bond acceptors (Lipinski definition) is 5. The lowest BCUT2D eigenvalue weighted by atomic mass is 10.1. The zero-order valence-electron chi connectivity index (χ0n) is 11.2. The molecule has 0 aromatic carbocycles. The minimum absolute atomic E-state index is 0.0119. The average molecular weight is 269 g/mol. The van der Waals surface area contributed by atoms with Crippen molar-refractivity contribution in [3.05, 3.63) is 0 Å². The second-order valence-corrected chi connectivity index (χ2v) is 6.94. The summed E-state index contributed by atoms with van der Waals surface area (Å²) in [6, 6.07) is 0.431. The Kier molecular flexibility index (Phi) is 3.61. The lowest BCUT2D eigenvalue weighted by Crippen LogP contribution is -2.44. The largest absolute Gasteiger partial charge is 0.351 e. The van der Waals surface area contributed by atoms with Crippen LogP contribution in [-0.2, 0) is 4.79 Å². The predicted octanol–water partition coefficient (Wildman–Crippen LogP) is 1.40. The molecule has 1 aromatic heterocycles. The van der Waals surface area contributed by atoms with E-state index in [2.05, 4.69) is 20.8 Å². The highest BCUT2D eigenvalue weighted by molar-refractivity contribution is 8.00. The topological polar surface area (TPSA) is 72.7 Å². The number of thioether (sulfide) groups is 1. The van der Waals surface area contributed by atoms with E-state index in [-0.39, 0.29) is 16.7 Å². The summed E-state index contributed by atoms with van der Waals surface area (Å²) in [5.41, 5.74) is -0.214. The first-order chi connectivity index (χ1) is 8.37. The normalized spacial score (nSPS) is 17.6. The van der Waals surface area contributed by atoms with Gasteiger partial charge in [-0.25, -0.2) is 4.68 Å². The molecule has 6 nitrogen and oxygen atoms in total. The van der Waals surface area contributed by atoms with Crippen LogP contribution in [0.2, 0.25) is 0 Å². The summed E-state index contributed by atoms with van der Waals surface area (Å²) in [6.07, 6.45) is 2.25. The van der Waals surface area contributed by atoms with Crippen LogP contribution in [0.3, 0.4) is 0 Å². The van der Waals surface area contributed by atoms with E-state index in [0.717, 1.165) is 18.0 Å². The van der Waals surface area contributed by atoms with Crippen LogP contribution >= 0.6 is 11.8 Å². The van der Waals surface area contributed by atoms with Crippen LogP contribution in [0, 0.1) is 0 Å². The lowest BCUT2D eigenvalue weighted by molar-refractivity contribution is -0.121. The van der Waals surface area contributed by atoms with Gasteiger partial charge < -0.3 is 5.32 Å². The highest BCUT2D eigenvalue weighted by Crippen LogP contribution is 2.37. The molecule has 0 bridgehead atoms. The van der Waals surface area contributed by atoms with Crippen molar-refractivity contribution < 1.29 is 4.79 Å². The molecule has 1 atom stereocenters. The Balaban J connectivity index is 1.96. The molecule has 1 N–H and O–H groups in total. The summed E-state index contributed by atoms with van der Waals surface area (Å²) in [4.78, 5) is 12.0. The molecule has 100 valence electrons. The maximum absolute atomic E-state index is 12.0. The number of nitrogens with one attached hydrogen (secondary N) is 1. The van der Waals surface area contributed by atoms with Crippen LogP contribution in [0.15, 0.2) is 5.16 Å². The van der Waals surface area contributed by atoms with Crippen LogP contribution in [0.4, 0.5) is 0 Å². The summed E-state index contributed by atoms with van der Waals surface area (Å²) in [6.45, 7) is 7.78. The van der Waals surface area contributed by atoms with Gasteiger partial charge in [0.2, 0.25) is 11.1 Å². The van der Waals surface area contributed by atoms with Gasteiger partial charge in [0.15, 0.2) is 0 Å². The Labute approximate surface area is 111 Å². The molecular formula is C11H19N5OS. The number of amides is 1. The first-order valence-corrected chi connectivity index (χ1v) is 7.01. The van der Waals surface area contributed by atoms with Crippen molar-refractivity contribution in [3.63, 3.8) is 0 Å². The maximum atomic E-state index is 12.0. The van der Waals surface area contributed by atoms with E-state index in [9.17, 15) is 4.79 Å². The summed E-state index contributed by atoms with van der Waals surface area (Å²) in [5.74, 6) is 0.0119. The highest BCUT2D eigenvalue weighted by Gasteiger charge is 2.29. The van der Waals surface area contributed by atoms with E-state index in [4.69, 9.17) is 0 Å². The van der Waals surface area contributed by atoms with Crippen molar-refractivity contribution >= 4 is 17.7 Å². The quantitative estimate of drug-likeness (QED) is 0.837. The van der Waals surface area contributed by atoms with Gasteiger partial charge in [-0.3, -0.25) is 4.79 Å². The van der Waals surface area contributed by atoms with E-state index in [0.29, 0.717) is 6.04 Å². The Morgan fingerprint density at radius 1 is 1.50 bits per heavy atom. The zero-order chi connectivity index (χ0) is 13.3. The van der Waals surface area contributed by atoms with Crippen LogP contribution in [-0.4, -0.2) is 36.9 Å². The van der Waals surface area contributed by atoms with Gasteiger partial charge >= 0.3 is 0 Å². The fourth-order valence-corrected chi connectivity index (χ4v) is 2.35. The summed E-state index contributed by atoms with van der Waals surface area (Å²) in [7, 11) is 0. The standard InChI is InChI=1S/C11H19N5OS/c1-7(9(17)12-11(2,3)4)18-10-13-14-15-16(10)8-5-6-8/h7-8H,5-6H2,1-4H3,(H,12,17). The average Bonchev–Trinajstić information content (AvgIpc) is 2.97. The van der Waals surface area contributed by atoms with Crippen LogP contribution in [0.25, 0.3) is 0 Å². The second-order valence-electron chi connectivity index (χ2n) is 5.64. The van der Waals surface area contributed by atoms with Gasteiger partial charge in [-0.15, -0.1) is 5.10 Å². The van der Waals surface area contributed by atoms with Gasteiger partial charge in [0, 0.05) is 5.54 Å². The van der Waals surface area contributed by atoms with E-state index in [1.165, 1.54) is 11.8 Å². The molecule has 18 heavy (non-hydrogen) atoms. The number of carbonyl (C=O) groups excluding carboxylic acids is 1. The molecule has 2 rings (SSSR count). The Bertz CT molecular complexity index is 435. The van der Waals surface area contributed by atoms with Gasteiger partial charge in [-0.2, -0.15) is 0 Å². The van der Waals surface area contributed by atoms with Crippen molar-refractivity contribution in [2.24, 2.45) is 0 Å². The number of aromatic nitrogens is 4. The third kappa shape index (κ3) is 3.44. The van der Waals surface area contributed by atoms with Crippen molar-refractivity contribution in [2.75, 3.05) is 0 Å². The molecule has 1 unspecified atom stereocenters. The fourth-order valence-electron chi connectivity index (χ4n) is 1.49. The number of carbonyl (C=O) groups is 1. The first-order valence-electron chi connectivity index (χ1n) is 6.13. The van der Waals surface area contributed by atoms with E-state index < -0.39 is 0 Å². The van der Waals surface area contributed by atoms with Crippen LogP contribution < -0.4 is 5.32 Å². The van der Waals surface area contributed by atoms with Gasteiger partial charge in [0.25, 0.3) is 0 Å². The lowest BCUT2D eigenvalue weighted by Gasteiger charge is -2.22. The molecule has 1 aliphatic rings. The third-order valence-electron chi connectivity index (χ3n) is 2.50. The van der Waals surface area contributed by atoms with Gasteiger partial charge in [0.05, 0.1) is 11.3 Å². The molecule has 0 spiro atoms. The molecule has 1 saturated carbocycles. The molecule has 1 fully saturated rings. The van der Waals surface area contributed by atoms with Crippen LogP contribution in [0.5, 0.6) is 0 Å². The molecular weight excluding hydrogens is 250 g/mol. The molecule has 1 aliphatic carbocycles. The monoisotopic (exact) mass is 269 g/mol. The molecule has 1 amide bonds. The van der Waals surface area contributed by atoms with Gasteiger partial charge in [0.1, 0.15) is 0 Å². The fraction of sp³-hybridized carbons (Fsp3) is 0.818. The van der Waals surface area contributed by atoms with E-state index in [1.54, 1.807) is 0 Å². The Morgan fingerprint density at radius 2 is 2.17 bits per heavy atom. The maximum Gasteiger partial charge on any atom is 0.233 e. The number of tetrazole rings is 1. The molecule has 1 aromatic rings. The van der Waals surface area contributed by atoms with Crippen molar-refractivity contribution in [1.29, 1.82) is 0 Å². The number of hydrogen-bond donors (Lipinski definition) is 1. The van der Waals surface area contributed by atoms with Crippen molar-refractivity contribution in [3.8, 4) is 0 Å². The van der Waals surface area contributed by atoms with E-state index >= 15 is 0 Å². The predicted molar refractivity (Wildman–Crippen MR) is 69.3 cm³/mol. The smallest absolute Gasteiger partial charge is 0.233 e. The van der Waals surface area contributed by atoms with E-state index in [1.807, 2.05) is 32.4 Å². The minimum Gasteiger partial charge on any atom is -0.351 e. The Morgan fingerprint density at radius 3 is 2.72 bits per heavy atom. The summed E-state index contributed by atoms with van der Waals surface area (Å²) < 4.78 is 1.82. The highest BCUT2D eigenvalue weighted by atomic mass is 32.2. The first kappa shape index (κ1) is 13.3. The van der Waals surface area contributed by atoms with Gasteiger partial charge in [-0.1, -0.05) is 11.8 Å². The number of nitrogens with zero attached hydrogens (tertiary/aromatic N) is 4. The third-order valence-corrected chi connectivity index (χ3v) is 3.55. The van der Waals surface area contributed by atoms with Gasteiger partial charge in [-0.05, 0) is 51.0 Å². The molecule has 0 saturated heterocycles. The van der Waals surface area contributed by atoms with Crippen LogP contribution in [0.1, 0.15) is 46.6 Å². The zero-order valence-corrected chi connectivity index (χ0v) is 12.0.